The lowest BCUT2D eigenvalue weighted by Gasteiger charge is -2.10. The summed E-state index contributed by atoms with van der Waals surface area (Å²) in [5, 5.41) is 0. The van der Waals surface area contributed by atoms with Crippen LogP contribution in [0.25, 0.3) is 0 Å². The smallest absolute Gasteiger partial charge is 0.0682 e. The van der Waals surface area contributed by atoms with Crippen LogP contribution in [0.4, 0.5) is 0 Å². The summed E-state index contributed by atoms with van der Waals surface area (Å²) in [4.78, 5) is 8.23. The highest BCUT2D eigenvalue weighted by Crippen LogP contribution is 2.23. The van der Waals surface area contributed by atoms with Crippen LogP contribution < -0.4 is 5.73 Å². The molecule has 3 heteroatoms. The van der Waals surface area contributed by atoms with Gasteiger partial charge in [-0.25, -0.2) is 0 Å². The molecule has 1 heterocycles. The molecule has 0 fully saturated rings. The van der Waals surface area contributed by atoms with E-state index < -0.39 is 0 Å². The van der Waals surface area contributed by atoms with E-state index in [9.17, 15) is 0 Å². The molecule has 60 valence electrons. The Morgan fingerprint density at radius 1 is 1.25 bits per heavy atom. The van der Waals surface area contributed by atoms with E-state index in [1.54, 1.807) is 18.6 Å². The van der Waals surface area contributed by atoms with Crippen LogP contribution in [-0.4, -0.2) is 12.4 Å². The molecule has 1 aliphatic carbocycles. The minimum Gasteiger partial charge on any atom is -0.402 e. The van der Waals surface area contributed by atoms with Gasteiger partial charge in [0, 0.05) is 36.3 Å². The highest BCUT2D eigenvalue weighted by molar-refractivity contribution is 6.16. The Bertz CT molecular complexity index is 343. The van der Waals surface area contributed by atoms with Gasteiger partial charge in [-0.15, -0.1) is 0 Å². The number of hydrogen-bond acceptors (Lipinski definition) is 3. The van der Waals surface area contributed by atoms with Crippen molar-refractivity contribution >= 4 is 12.4 Å². The quantitative estimate of drug-likeness (QED) is 0.566. The summed E-state index contributed by atoms with van der Waals surface area (Å²) in [5.74, 6) is 0. The van der Waals surface area contributed by atoms with Crippen LogP contribution >= 0.6 is 0 Å². The standard InChI is InChI=1S/C9H9N3/c10-8-1-2-9-7(5-8)6-11-3-4-12-9/h1-4,6H,5,10H2. The van der Waals surface area contributed by atoms with Gasteiger partial charge in [0.05, 0.1) is 5.70 Å². The molecule has 0 saturated heterocycles. The second kappa shape index (κ2) is 2.77. The molecule has 3 nitrogen and oxygen atoms in total. The summed E-state index contributed by atoms with van der Waals surface area (Å²) in [6, 6.07) is 0. The zero-order chi connectivity index (χ0) is 8.39. The molecule has 0 atom stereocenters. The third-order valence-electron chi connectivity index (χ3n) is 1.78. The molecule has 2 N–H and O–H groups in total. The van der Waals surface area contributed by atoms with Crippen LogP contribution in [0.2, 0.25) is 0 Å². The molecular formula is C9H9N3. The Hall–Kier alpha value is -1.64. The predicted octanol–water partition coefficient (Wildman–Crippen LogP) is 1.16. The number of aliphatic imine (C=N–C) groups is 2. The predicted molar refractivity (Wildman–Crippen MR) is 50.0 cm³/mol. The van der Waals surface area contributed by atoms with Crippen LogP contribution in [-0.2, 0) is 0 Å². The third-order valence-corrected chi connectivity index (χ3v) is 1.78. The van der Waals surface area contributed by atoms with Crippen molar-refractivity contribution in [3.63, 3.8) is 0 Å². The fourth-order valence-corrected chi connectivity index (χ4v) is 1.19. The molecule has 0 spiro atoms. The van der Waals surface area contributed by atoms with Crippen molar-refractivity contribution < 1.29 is 0 Å². The maximum absolute atomic E-state index is 5.66. The Kier molecular flexibility index (Phi) is 1.63. The number of rotatable bonds is 0. The van der Waals surface area contributed by atoms with Crippen molar-refractivity contribution in [1.82, 2.24) is 0 Å². The molecule has 0 unspecified atom stereocenters. The molecule has 2 rings (SSSR count). The Balaban J connectivity index is 2.43. The molecule has 0 aromatic carbocycles. The zero-order valence-electron chi connectivity index (χ0n) is 6.57. The molecule has 0 bridgehead atoms. The Morgan fingerprint density at radius 3 is 3.08 bits per heavy atom. The van der Waals surface area contributed by atoms with Crippen LogP contribution in [0.3, 0.4) is 0 Å². The van der Waals surface area contributed by atoms with E-state index in [4.69, 9.17) is 5.73 Å². The maximum atomic E-state index is 5.66. The molecule has 2 aliphatic rings. The first-order valence-corrected chi connectivity index (χ1v) is 3.78. The zero-order valence-corrected chi connectivity index (χ0v) is 6.57. The van der Waals surface area contributed by atoms with Crippen molar-refractivity contribution in [2.45, 2.75) is 6.42 Å². The first-order valence-electron chi connectivity index (χ1n) is 3.78. The molecular weight excluding hydrogens is 150 g/mol. The van der Waals surface area contributed by atoms with Crippen molar-refractivity contribution in [2.75, 3.05) is 0 Å². The Labute approximate surface area is 70.7 Å². The molecule has 0 radical (unpaired) electrons. The second-order valence-electron chi connectivity index (χ2n) is 2.70. The van der Waals surface area contributed by atoms with E-state index in [-0.39, 0.29) is 0 Å². The van der Waals surface area contributed by atoms with Crippen molar-refractivity contribution in [1.29, 1.82) is 0 Å². The van der Waals surface area contributed by atoms with Crippen LogP contribution in [0, 0.1) is 0 Å². The largest absolute Gasteiger partial charge is 0.402 e. The van der Waals surface area contributed by atoms with Gasteiger partial charge in [-0.05, 0) is 12.2 Å². The van der Waals surface area contributed by atoms with Crippen molar-refractivity contribution in [3.05, 3.63) is 35.3 Å². The van der Waals surface area contributed by atoms with Gasteiger partial charge in [-0.3, -0.25) is 9.98 Å². The Morgan fingerprint density at radius 2 is 2.17 bits per heavy atom. The van der Waals surface area contributed by atoms with Gasteiger partial charge in [0.15, 0.2) is 0 Å². The lowest BCUT2D eigenvalue weighted by atomic mass is 10.0. The topological polar surface area (TPSA) is 50.7 Å². The van der Waals surface area contributed by atoms with Gasteiger partial charge in [-0.2, -0.15) is 0 Å². The molecule has 0 amide bonds. The van der Waals surface area contributed by atoms with Gasteiger partial charge in [0.2, 0.25) is 0 Å². The van der Waals surface area contributed by atoms with Crippen molar-refractivity contribution in [3.8, 4) is 0 Å². The van der Waals surface area contributed by atoms with E-state index in [0.717, 1.165) is 23.4 Å². The number of nitrogens with two attached hydrogens (primary N) is 1. The monoisotopic (exact) mass is 159 g/mol. The number of nitrogens with zero attached hydrogens (tertiary/aromatic N) is 2. The molecule has 0 aromatic rings. The van der Waals surface area contributed by atoms with Gasteiger partial charge in [-0.1, -0.05) is 0 Å². The van der Waals surface area contributed by atoms with Gasteiger partial charge >= 0.3 is 0 Å². The van der Waals surface area contributed by atoms with Gasteiger partial charge in [0.1, 0.15) is 0 Å². The number of allylic oxidation sites excluding steroid dienone is 4. The van der Waals surface area contributed by atoms with E-state index in [1.165, 1.54) is 0 Å². The van der Waals surface area contributed by atoms with E-state index >= 15 is 0 Å². The molecule has 0 saturated carbocycles. The fraction of sp³-hybridized carbons (Fsp3) is 0.111. The maximum Gasteiger partial charge on any atom is 0.0682 e. The lowest BCUT2D eigenvalue weighted by Crippen LogP contribution is -2.03. The third kappa shape index (κ3) is 1.21. The summed E-state index contributed by atoms with van der Waals surface area (Å²) >= 11 is 0. The average molecular weight is 159 g/mol. The summed E-state index contributed by atoms with van der Waals surface area (Å²) in [6.07, 6.45) is 9.71. The molecule has 0 aromatic heterocycles. The first-order chi connectivity index (χ1) is 5.86. The summed E-state index contributed by atoms with van der Waals surface area (Å²) < 4.78 is 0. The summed E-state index contributed by atoms with van der Waals surface area (Å²) in [6.45, 7) is 0. The average Bonchev–Trinajstić information content (AvgIpc) is 2.28. The van der Waals surface area contributed by atoms with Crippen molar-refractivity contribution in [2.24, 2.45) is 15.7 Å². The van der Waals surface area contributed by atoms with Crippen LogP contribution in [0.15, 0.2) is 45.3 Å². The van der Waals surface area contributed by atoms with Gasteiger partial charge < -0.3 is 5.73 Å². The second-order valence-corrected chi connectivity index (χ2v) is 2.70. The molecule has 12 heavy (non-hydrogen) atoms. The number of hydrogen-bond donors (Lipinski definition) is 1. The minimum absolute atomic E-state index is 0.751. The normalized spacial score (nSPS) is 20.5. The first kappa shape index (κ1) is 7.03. The van der Waals surface area contributed by atoms with E-state index in [2.05, 4.69) is 9.98 Å². The fourth-order valence-electron chi connectivity index (χ4n) is 1.19. The highest BCUT2D eigenvalue weighted by atomic mass is 14.8. The summed E-state index contributed by atoms with van der Waals surface area (Å²) in [5.41, 5.74) is 8.57. The van der Waals surface area contributed by atoms with Crippen LogP contribution in [0.5, 0.6) is 0 Å². The van der Waals surface area contributed by atoms with Crippen LogP contribution in [0.1, 0.15) is 6.42 Å². The lowest BCUT2D eigenvalue weighted by molar-refractivity contribution is 1.05. The highest BCUT2D eigenvalue weighted by Gasteiger charge is 2.09. The SMILES string of the molecule is NC1=CC=C2N=CC=NC=C2C1. The van der Waals surface area contributed by atoms with E-state index in [0.29, 0.717) is 0 Å². The summed E-state index contributed by atoms with van der Waals surface area (Å²) in [7, 11) is 0. The van der Waals surface area contributed by atoms with E-state index in [1.807, 2.05) is 12.2 Å². The van der Waals surface area contributed by atoms with Gasteiger partial charge in [0.25, 0.3) is 0 Å². The minimum atomic E-state index is 0.751. The number of fused-ring (bicyclic) bond motifs is 1. The molecule has 1 aliphatic heterocycles.